The highest BCUT2D eigenvalue weighted by atomic mass is 32.2. The van der Waals surface area contributed by atoms with E-state index in [1.807, 2.05) is 39.0 Å². The summed E-state index contributed by atoms with van der Waals surface area (Å²) in [4.78, 5) is 38.9. The number of anilines is 1. The number of nitrogens with one attached hydrogen (secondary N) is 2. The predicted molar refractivity (Wildman–Crippen MR) is 138 cm³/mol. The molecule has 3 aliphatic rings. The first-order valence-corrected chi connectivity index (χ1v) is 13.3. The SMILES string of the molecule is CC(C)(C)OC(=O)N[C@@H]1CCCN(c2c(C=C3SC(=O)NC3=O)cccc2OC2CCCCC2)C1. The van der Waals surface area contributed by atoms with Crippen molar-refractivity contribution in [2.24, 2.45) is 0 Å². The van der Waals surface area contributed by atoms with E-state index < -0.39 is 11.7 Å². The fraction of sp³-hybridized carbons (Fsp3) is 0.577. The van der Waals surface area contributed by atoms with E-state index in [4.69, 9.17) is 9.47 Å². The molecule has 35 heavy (non-hydrogen) atoms. The van der Waals surface area contributed by atoms with Gasteiger partial charge in [-0.25, -0.2) is 4.79 Å². The maximum absolute atomic E-state index is 12.4. The number of piperidine rings is 1. The summed E-state index contributed by atoms with van der Waals surface area (Å²) in [6.07, 6.45) is 8.87. The first kappa shape index (κ1) is 25.4. The largest absolute Gasteiger partial charge is 0.488 e. The zero-order chi connectivity index (χ0) is 25.0. The van der Waals surface area contributed by atoms with Crippen LogP contribution in [0.5, 0.6) is 5.75 Å². The first-order valence-electron chi connectivity index (χ1n) is 12.5. The molecule has 0 radical (unpaired) electrons. The normalized spacial score (nSPS) is 22.8. The van der Waals surface area contributed by atoms with Crippen LogP contribution in [0, 0.1) is 0 Å². The smallest absolute Gasteiger partial charge is 0.407 e. The number of nitrogens with zero attached hydrogens (tertiary/aromatic N) is 1. The van der Waals surface area contributed by atoms with Crippen molar-refractivity contribution in [3.05, 3.63) is 28.7 Å². The Hall–Kier alpha value is -2.68. The van der Waals surface area contributed by atoms with Crippen molar-refractivity contribution >= 4 is 40.8 Å². The van der Waals surface area contributed by atoms with Crippen LogP contribution in [-0.2, 0) is 9.53 Å². The summed E-state index contributed by atoms with van der Waals surface area (Å²) in [6, 6.07) is 5.77. The van der Waals surface area contributed by atoms with Crippen LogP contribution in [0.25, 0.3) is 6.08 Å². The van der Waals surface area contributed by atoms with Gasteiger partial charge in [-0.15, -0.1) is 0 Å². The first-order chi connectivity index (χ1) is 16.7. The van der Waals surface area contributed by atoms with Gasteiger partial charge < -0.3 is 19.7 Å². The van der Waals surface area contributed by atoms with Gasteiger partial charge in [0.05, 0.1) is 16.7 Å². The number of hydrogen-bond donors (Lipinski definition) is 2. The minimum atomic E-state index is -0.560. The van der Waals surface area contributed by atoms with E-state index in [0.29, 0.717) is 11.4 Å². The van der Waals surface area contributed by atoms with Gasteiger partial charge >= 0.3 is 6.09 Å². The highest BCUT2D eigenvalue weighted by Crippen LogP contribution is 2.39. The summed E-state index contributed by atoms with van der Waals surface area (Å²) in [7, 11) is 0. The zero-order valence-electron chi connectivity index (χ0n) is 20.7. The molecule has 2 heterocycles. The van der Waals surface area contributed by atoms with Gasteiger partial charge in [0.25, 0.3) is 11.1 Å². The highest BCUT2D eigenvalue weighted by molar-refractivity contribution is 8.18. The van der Waals surface area contributed by atoms with Crippen molar-refractivity contribution in [2.75, 3.05) is 18.0 Å². The molecule has 9 heteroatoms. The highest BCUT2D eigenvalue weighted by Gasteiger charge is 2.30. The number of thioether (sulfide) groups is 1. The lowest BCUT2D eigenvalue weighted by molar-refractivity contribution is -0.115. The van der Waals surface area contributed by atoms with E-state index in [9.17, 15) is 14.4 Å². The molecule has 1 saturated carbocycles. The van der Waals surface area contributed by atoms with Crippen molar-refractivity contribution in [1.82, 2.24) is 10.6 Å². The maximum Gasteiger partial charge on any atom is 0.407 e. The zero-order valence-corrected chi connectivity index (χ0v) is 21.5. The van der Waals surface area contributed by atoms with Gasteiger partial charge in [0, 0.05) is 24.7 Å². The lowest BCUT2D eigenvalue weighted by Gasteiger charge is -2.37. The van der Waals surface area contributed by atoms with Crippen LogP contribution in [0.15, 0.2) is 23.1 Å². The fourth-order valence-corrected chi connectivity index (χ4v) is 5.46. The molecule has 8 nitrogen and oxygen atoms in total. The number of amides is 3. The second-order valence-corrected chi connectivity index (χ2v) is 11.4. The van der Waals surface area contributed by atoms with Gasteiger partial charge in [0.1, 0.15) is 11.4 Å². The Morgan fingerprint density at radius 3 is 2.60 bits per heavy atom. The molecule has 0 aromatic heterocycles. The summed E-state index contributed by atoms with van der Waals surface area (Å²) >= 11 is 0.908. The monoisotopic (exact) mass is 501 g/mol. The molecule has 1 atom stereocenters. The molecule has 190 valence electrons. The third-order valence-corrected chi connectivity index (χ3v) is 7.07. The second-order valence-electron chi connectivity index (χ2n) is 10.4. The minimum absolute atomic E-state index is 0.0763. The molecule has 4 rings (SSSR count). The Morgan fingerprint density at radius 2 is 1.91 bits per heavy atom. The molecular formula is C26H35N3O5S. The van der Waals surface area contributed by atoms with Crippen LogP contribution in [0.4, 0.5) is 15.3 Å². The molecule has 0 bridgehead atoms. The quantitative estimate of drug-likeness (QED) is 0.534. The molecule has 1 aromatic carbocycles. The Kier molecular flexibility index (Phi) is 7.94. The van der Waals surface area contributed by atoms with Gasteiger partial charge in [0.2, 0.25) is 0 Å². The van der Waals surface area contributed by atoms with E-state index in [1.54, 1.807) is 6.08 Å². The summed E-state index contributed by atoms with van der Waals surface area (Å²) in [5, 5.41) is 4.97. The maximum atomic E-state index is 12.4. The van der Waals surface area contributed by atoms with Crippen LogP contribution in [0.1, 0.15) is 71.3 Å². The molecule has 1 aliphatic carbocycles. The van der Waals surface area contributed by atoms with Gasteiger partial charge in [-0.3, -0.25) is 14.9 Å². The predicted octanol–water partition coefficient (Wildman–Crippen LogP) is 5.22. The molecular weight excluding hydrogens is 466 g/mol. The number of benzene rings is 1. The van der Waals surface area contributed by atoms with Crippen molar-refractivity contribution in [1.29, 1.82) is 0 Å². The molecule has 3 amide bonds. The van der Waals surface area contributed by atoms with E-state index in [1.165, 1.54) is 6.42 Å². The Morgan fingerprint density at radius 1 is 1.14 bits per heavy atom. The van der Waals surface area contributed by atoms with Crippen molar-refractivity contribution in [2.45, 2.75) is 83.5 Å². The van der Waals surface area contributed by atoms with Gasteiger partial charge in [0.15, 0.2) is 0 Å². The average molecular weight is 502 g/mol. The van der Waals surface area contributed by atoms with Crippen LogP contribution >= 0.6 is 11.8 Å². The van der Waals surface area contributed by atoms with Crippen LogP contribution in [0.3, 0.4) is 0 Å². The molecule has 0 unspecified atom stereocenters. The fourth-order valence-electron chi connectivity index (χ4n) is 4.79. The summed E-state index contributed by atoms with van der Waals surface area (Å²) < 4.78 is 12.0. The number of ether oxygens (including phenoxy) is 2. The topological polar surface area (TPSA) is 97.0 Å². The average Bonchev–Trinajstić information content (AvgIpc) is 3.10. The van der Waals surface area contributed by atoms with E-state index in [0.717, 1.165) is 73.8 Å². The minimum Gasteiger partial charge on any atom is -0.488 e. The van der Waals surface area contributed by atoms with E-state index in [-0.39, 0.29) is 23.3 Å². The Balaban J connectivity index is 1.61. The number of para-hydroxylation sites is 1. The van der Waals surface area contributed by atoms with Crippen molar-refractivity contribution < 1.29 is 23.9 Å². The number of alkyl carbamates (subject to hydrolysis) is 1. The lowest BCUT2D eigenvalue weighted by atomic mass is 9.97. The van der Waals surface area contributed by atoms with E-state index >= 15 is 0 Å². The van der Waals surface area contributed by atoms with Crippen LogP contribution < -0.4 is 20.3 Å². The van der Waals surface area contributed by atoms with Gasteiger partial charge in [-0.2, -0.15) is 0 Å². The Bertz CT molecular complexity index is 997. The van der Waals surface area contributed by atoms with Crippen molar-refractivity contribution in [3.63, 3.8) is 0 Å². The van der Waals surface area contributed by atoms with Gasteiger partial charge in [-0.05, 0) is 83.2 Å². The number of imide groups is 1. The second kappa shape index (κ2) is 10.9. The summed E-state index contributed by atoms with van der Waals surface area (Å²) in [6.45, 7) is 6.94. The molecule has 0 spiro atoms. The third-order valence-electron chi connectivity index (χ3n) is 6.26. The standard InChI is InChI=1S/C26H35N3O5S/c1-26(2,3)34-24(31)27-18-10-8-14-29(16-18)22-17(15-21-23(30)28-25(32)35-21)9-7-13-20(22)33-19-11-5-4-6-12-19/h7,9,13,15,18-19H,4-6,8,10-12,14,16H2,1-3H3,(H,27,31)(H,28,30,32)/t18-/m1/s1. The van der Waals surface area contributed by atoms with E-state index in [2.05, 4.69) is 15.5 Å². The number of rotatable bonds is 5. The molecule has 2 saturated heterocycles. The molecule has 2 N–H and O–H groups in total. The number of carbonyl (C=O) groups is 3. The third kappa shape index (κ3) is 6.93. The Labute approximate surface area is 211 Å². The lowest BCUT2D eigenvalue weighted by Crippen LogP contribution is -2.49. The van der Waals surface area contributed by atoms with Crippen LogP contribution in [-0.4, -0.2) is 48.1 Å². The van der Waals surface area contributed by atoms with Gasteiger partial charge in [-0.1, -0.05) is 18.6 Å². The number of carbonyl (C=O) groups excluding carboxylic acids is 3. The molecule has 1 aromatic rings. The summed E-state index contributed by atoms with van der Waals surface area (Å²) in [5.74, 6) is 0.395. The number of hydrogen-bond acceptors (Lipinski definition) is 7. The molecule has 3 fully saturated rings. The van der Waals surface area contributed by atoms with Crippen LogP contribution in [0.2, 0.25) is 0 Å². The molecule has 2 aliphatic heterocycles. The van der Waals surface area contributed by atoms with Crippen molar-refractivity contribution in [3.8, 4) is 5.75 Å². The summed E-state index contributed by atoms with van der Waals surface area (Å²) in [5.41, 5.74) is 1.16.